The van der Waals surface area contributed by atoms with Gasteiger partial charge in [0.2, 0.25) is 0 Å². The second-order valence-corrected chi connectivity index (χ2v) is 7.22. The summed E-state index contributed by atoms with van der Waals surface area (Å²) in [6, 6.07) is 23.6. The Labute approximate surface area is 173 Å². The number of aromatic amines is 1. The number of benzene rings is 3. The summed E-state index contributed by atoms with van der Waals surface area (Å²) in [5.41, 5.74) is 4.82. The summed E-state index contributed by atoms with van der Waals surface area (Å²) >= 11 is 0. The van der Waals surface area contributed by atoms with Gasteiger partial charge in [0.25, 0.3) is 5.91 Å². The molecule has 3 aromatic carbocycles. The average Bonchev–Trinajstić information content (AvgIpc) is 3.26. The summed E-state index contributed by atoms with van der Waals surface area (Å²) in [6.07, 6.45) is 1.29. The number of H-pyrrole nitrogens is 1. The highest BCUT2D eigenvalue weighted by atomic mass is 19.1. The molecule has 1 aliphatic rings. The quantitative estimate of drug-likeness (QED) is 0.510. The van der Waals surface area contributed by atoms with E-state index in [0.29, 0.717) is 12.1 Å². The first-order chi connectivity index (χ1) is 14.7. The van der Waals surface area contributed by atoms with E-state index in [1.807, 2.05) is 54.6 Å². The van der Waals surface area contributed by atoms with Crippen molar-refractivity contribution in [2.24, 2.45) is 0 Å². The van der Waals surface area contributed by atoms with Crippen molar-refractivity contribution in [3.63, 3.8) is 0 Å². The molecule has 0 aliphatic carbocycles. The zero-order valence-corrected chi connectivity index (χ0v) is 16.0. The lowest BCUT2D eigenvalue weighted by Gasteiger charge is -2.38. The molecule has 148 valence electrons. The Morgan fingerprint density at radius 2 is 1.67 bits per heavy atom. The molecule has 6 heteroatoms. The Hall–Kier alpha value is -3.93. The maximum Gasteiger partial charge on any atom is 0.258 e. The summed E-state index contributed by atoms with van der Waals surface area (Å²) in [5.74, 6) is -0.352. The topological polar surface area (TPSA) is 61.0 Å². The molecule has 0 bridgehead atoms. The number of halogens is 1. The fourth-order valence-electron chi connectivity index (χ4n) is 3.83. The Balaban J connectivity index is 1.59. The molecule has 1 amide bonds. The van der Waals surface area contributed by atoms with Crippen LogP contribution in [0.4, 0.5) is 10.1 Å². The highest BCUT2D eigenvalue weighted by molar-refractivity contribution is 6.01. The molecule has 1 aliphatic heterocycles. The molecule has 30 heavy (non-hydrogen) atoms. The van der Waals surface area contributed by atoms with Crippen LogP contribution in [0.3, 0.4) is 0 Å². The van der Waals surface area contributed by atoms with Crippen LogP contribution in [0, 0.1) is 5.82 Å². The van der Waals surface area contributed by atoms with Gasteiger partial charge in [-0.2, -0.15) is 5.10 Å². The van der Waals surface area contributed by atoms with Crippen LogP contribution >= 0.6 is 0 Å². The molecule has 5 nitrogen and oxygen atoms in total. The third kappa shape index (κ3) is 3.22. The summed E-state index contributed by atoms with van der Waals surface area (Å²) < 4.78 is 13.4. The van der Waals surface area contributed by atoms with Crippen LogP contribution in [0.25, 0.3) is 11.3 Å². The zero-order chi connectivity index (χ0) is 20.5. The van der Waals surface area contributed by atoms with E-state index in [-0.39, 0.29) is 11.7 Å². The summed E-state index contributed by atoms with van der Waals surface area (Å²) in [6.45, 7) is 0.444. The predicted molar refractivity (Wildman–Crippen MR) is 113 cm³/mol. The van der Waals surface area contributed by atoms with Crippen LogP contribution in [0.1, 0.15) is 27.7 Å². The normalized spacial score (nSPS) is 15.6. The van der Waals surface area contributed by atoms with Crippen LogP contribution in [-0.4, -0.2) is 21.0 Å². The van der Waals surface area contributed by atoms with E-state index in [4.69, 9.17) is 0 Å². The molecule has 4 aromatic rings. The van der Waals surface area contributed by atoms with Gasteiger partial charge in [0.15, 0.2) is 0 Å². The molecule has 0 saturated carbocycles. The number of carbonyl (C=O) groups excluding carboxylic acids is 1. The Bertz CT molecular complexity index is 1190. The van der Waals surface area contributed by atoms with E-state index in [2.05, 4.69) is 15.5 Å². The molecular weight excluding hydrogens is 379 g/mol. The number of para-hydroxylation sites is 1. The first kappa shape index (κ1) is 18.1. The van der Waals surface area contributed by atoms with E-state index in [1.54, 1.807) is 23.2 Å². The lowest BCUT2D eigenvalue weighted by atomic mass is 10.0. The molecule has 0 fully saturated rings. The molecule has 0 radical (unpaired) electrons. The van der Waals surface area contributed by atoms with Crippen molar-refractivity contribution < 1.29 is 9.18 Å². The first-order valence-electron chi connectivity index (χ1n) is 9.70. The molecule has 0 saturated heterocycles. The average molecular weight is 398 g/mol. The van der Waals surface area contributed by atoms with Crippen molar-refractivity contribution in [3.05, 3.63) is 108 Å². The second kappa shape index (κ2) is 7.48. The van der Waals surface area contributed by atoms with Crippen LogP contribution in [0.5, 0.6) is 0 Å². The number of nitrogens with zero attached hydrogens (tertiary/aromatic N) is 2. The lowest BCUT2D eigenvalue weighted by Crippen LogP contribution is -2.42. The monoisotopic (exact) mass is 398 g/mol. The minimum atomic E-state index is -0.425. The highest BCUT2D eigenvalue weighted by Crippen LogP contribution is 2.37. The van der Waals surface area contributed by atoms with Crippen molar-refractivity contribution in [3.8, 4) is 11.3 Å². The zero-order valence-electron chi connectivity index (χ0n) is 16.0. The van der Waals surface area contributed by atoms with Crippen LogP contribution < -0.4 is 5.32 Å². The van der Waals surface area contributed by atoms with Crippen molar-refractivity contribution in [1.29, 1.82) is 0 Å². The number of carbonyl (C=O) groups is 1. The molecule has 2 N–H and O–H groups in total. The van der Waals surface area contributed by atoms with E-state index in [9.17, 15) is 9.18 Å². The maximum absolute atomic E-state index is 13.4. The molecular formula is C24H19FN4O. The number of fused-ring (bicyclic) bond motifs is 1. The molecule has 0 unspecified atom stereocenters. The van der Waals surface area contributed by atoms with Gasteiger partial charge in [0.05, 0.1) is 17.5 Å². The lowest BCUT2D eigenvalue weighted by molar-refractivity contribution is 0.0667. The maximum atomic E-state index is 13.4. The number of rotatable bonds is 4. The SMILES string of the molecule is O=C1c2ccccc2N[C@H](c2cn[nH]c2-c2ccc(F)cc2)N1Cc1ccccc1. The van der Waals surface area contributed by atoms with Crippen LogP contribution in [-0.2, 0) is 6.54 Å². The van der Waals surface area contributed by atoms with Crippen molar-refractivity contribution in [2.45, 2.75) is 12.7 Å². The molecule has 1 atom stereocenters. The second-order valence-electron chi connectivity index (χ2n) is 7.22. The molecule has 1 aromatic heterocycles. The number of hydrogen-bond acceptors (Lipinski definition) is 3. The Kier molecular flexibility index (Phi) is 4.52. The van der Waals surface area contributed by atoms with Gasteiger partial charge in [0.1, 0.15) is 12.0 Å². The van der Waals surface area contributed by atoms with E-state index in [0.717, 1.165) is 28.1 Å². The number of nitrogens with one attached hydrogen (secondary N) is 2. The number of hydrogen-bond donors (Lipinski definition) is 2. The number of amides is 1. The molecule has 2 heterocycles. The third-order valence-electron chi connectivity index (χ3n) is 5.31. The largest absolute Gasteiger partial charge is 0.361 e. The van der Waals surface area contributed by atoms with Gasteiger partial charge in [0, 0.05) is 23.4 Å². The fraction of sp³-hybridized carbons (Fsp3) is 0.0833. The number of aromatic nitrogens is 2. The summed E-state index contributed by atoms with van der Waals surface area (Å²) in [4.78, 5) is 15.2. The Morgan fingerprint density at radius 1 is 0.933 bits per heavy atom. The van der Waals surface area contributed by atoms with E-state index >= 15 is 0 Å². The van der Waals surface area contributed by atoms with E-state index < -0.39 is 6.17 Å². The van der Waals surface area contributed by atoms with Gasteiger partial charge < -0.3 is 10.2 Å². The standard InChI is InChI=1S/C24H19FN4O/c25-18-12-10-17(11-13-18)22-20(14-26-28-22)23-27-21-9-5-4-8-19(21)24(30)29(23)15-16-6-2-1-3-7-16/h1-14,23,27H,15H2,(H,26,28)/t23-/m0/s1. The van der Waals surface area contributed by atoms with Gasteiger partial charge in [-0.15, -0.1) is 0 Å². The first-order valence-corrected chi connectivity index (χ1v) is 9.70. The number of anilines is 1. The van der Waals surface area contributed by atoms with Gasteiger partial charge in [-0.1, -0.05) is 42.5 Å². The van der Waals surface area contributed by atoms with Crippen molar-refractivity contribution in [1.82, 2.24) is 15.1 Å². The fourth-order valence-corrected chi connectivity index (χ4v) is 3.83. The van der Waals surface area contributed by atoms with Gasteiger partial charge in [-0.05, 0) is 42.0 Å². The summed E-state index contributed by atoms with van der Waals surface area (Å²) in [7, 11) is 0. The van der Waals surface area contributed by atoms with E-state index in [1.165, 1.54) is 12.1 Å². The Morgan fingerprint density at radius 3 is 2.47 bits per heavy atom. The van der Waals surface area contributed by atoms with Gasteiger partial charge in [-0.3, -0.25) is 9.89 Å². The third-order valence-corrected chi connectivity index (χ3v) is 5.31. The summed E-state index contributed by atoms with van der Waals surface area (Å²) in [5, 5.41) is 10.7. The predicted octanol–water partition coefficient (Wildman–Crippen LogP) is 4.98. The molecule has 5 rings (SSSR count). The smallest absolute Gasteiger partial charge is 0.258 e. The highest BCUT2D eigenvalue weighted by Gasteiger charge is 2.34. The molecule has 0 spiro atoms. The minimum Gasteiger partial charge on any atom is -0.361 e. The minimum absolute atomic E-state index is 0.0514. The van der Waals surface area contributed by atoms with Crippen LogP contribution in [0.15, 0.2) is 85.1 Å². The van der Waals surface area contributed by atoms with Crippen LogP contribution in [0.2, 0.25) is 0 Å². The van der Waals surface area contributed by atoms with Crippen molar-refractivity contribution in [2.75, 3.05) is 5.32 Å². The van der Waals surface area contributed by atoms with Gasteiger partial charge >= 0.3 is 0 Å². The van der Waals surface area contributed by atoms with Gasteiger partial charge in [-0.25, -0.2) is 4.39 Å². The van der Waals surface area contributed by atoms with Crippen molar-refractivity contribution >= 4 is 11.6 Å².